The van der Waals surface area contributed by atoms with Crippen molar-refractivity contribution in [2.24, 2.45) is 17.3 Å². The van der Waals surface area contributed by atoms with Gasteiger partial charge < -0.3 is 5.11 Å². The van der Waals surface area contributed by atoms with E-state index in [1.807, 2.05) is 30.3 Å². The van der Waals surface area contributed by atoms with Crippen LogP contribution in [0.2, 0.25) is 0 Å². The first kappa shape index (κ1) is 22.8. The molecule has 3 aromatic rings. The number of hydrogen-bond donors (Lipinski definition) is 1. The summed E-state index contributed by atoms with van der Waals surface area (Å²) in [5.74, 6) is -0.858. The molecule has 0 heterocycles. The first-order valence-electron chi connectivity index (χ1n) is 11.4. The van der Waals surface area contributed by atoms with Crippen molar-refractivity contribution in [2.45, 2.75) is 46.0 Å². The van der Waals surface area contributed by atoms with Crippen molar-refractivity contribution in [1.29, 1.82) is 0 Å². The zero-order valence-corrected chi connectivity index (χ0v) is 18.7. The molecule has 0 spiro atoms. The van der Waals surface area contributed by atoms with Crippen LogP contribution in [0.1, 0.15) is 43.4 Å². The van der Waals surface area contributed by atoms with E-state index in [1.54, 1.807) is 0 Å². The summed E-state index contributed by atoms with van der Waals surface area (Å²) in [6.07, 6.45) is 4.03. The van der Waals surface area contributed by atoms with Crippen molar-refractivity contribution in [1.82, 2.24) is 0 Å². The summed E-state index contributed by atoms with van der Waals surface area (Å²) in [7, 11) is 0. The zero-order chi connectivity index (χ0) is 22.1. The Morgan fingerprint density at radius 2 is 1.29 bits per heavy atom. The quantitative estimate of drug-likeness (QED) is 0.373. The number of carboxylic acids is 1. The Hall–Kier alpha value is -2.87. The lowest BCUT2D eigenvalue weighted by molar-refractivity contribution is -0.149. The second-order valence-corrected chi connectivity index (χ2v) is 8.77. The van der Waals surface area contributed by atoms with Gasteiger partial charge in [-0.15, -0.1) is 0 Å². The molecule has 0 bridgehead atoms. The third kappa shape index (κ3) is 5.85. The predicted octanol–water partition coefficient (Wildman–Crippen LogP) is 6.84. The standard InChI is InChI=1S/C29H34O2/c1-3-23(2)29(22-26-17-11-6-12-18-26,20-19-24-13-7-4-8-14-24)27(28(30)31)21-25-15-9-5-10-16-25/h4-18,23,27H,3,19-22H2,1-2H3,(H,30,31). The number of benzene rings is 3. The summed E-state index contributed by atoms with van der Waals surface area (Å²) in [4.78, 5) is 12.8. The van der Waals surface area contributed by atoms with Crippen LogP contribution in [0.4, 0.5) is 0 Å². The number of rotatable bonds is 11. The largest absolute Gasteiger partial charge is 0.481 e. The first-order valence-corrected chi connectivity index (χ1v) is 11.4. The molecule has 0 aliphatic heterocycles. The van der Waals surface area contributed by atoms with E-state index in [1.165, 1.54) is 11.1 Å². The highest BCUT2D eigenvalue weighted by atomic mass is 16.4. The Kier molecular flexibility index (Phi) is 8.06. The van der Waals surface area contributed by atoms with Crippen LogP contribution in [-0.2, 0) is 24.1 Å². The molecule has 3 unspecified atom stereocenters. The Morgan fingerprint density at radius 3 is 1.77 bits per heavy atom. The summed E-state index contributed by atoms with van der Waals surface area (Å²) < 4.78 is 0. The van der Waals surface area contributed by atoms with Crippen LogP contribution >= 0.6 is 0 Å². The van der Waals surface area contributed by atoms with Gasteiger partial charge in [0, 0.05) is 0 Å². The summed E-state index contributed by atoms with van der Waals surface area (Å²) in [6, 6.07) is 31.0. The van der Waals surface area contributed by atoms with E-state index in [0.717, 1.165) is 31.2 Å². The van der Waals surface area contributed by atoms with Crippen LogP contribution in [-0.4, -0.2) is 11.1 Å². The van der Waals surface area contributed by atoms with Crippen molar-refractivity contribution in [3.8, 4) is 0 Å². The van der Waals surface area contributed by atoms with E-state index in [9.17, 15) is 9.90 Å². The number of carbonyl (C=O) groups is 1. The molecule has 0 aliphatic rings. The molecule has 31 heavy (non-hydrogen) atoms. The lowest BCUT2D eigenvalue weighted by atomic mass is 9.59. The second kappa shape index (κ2) is 10.9. The molecule has 2 nitrogen and oxygen atoms in total. The molecule has 0 amide bonds. The molecule has 1 N–H and O–H groups in total. The van der Waals surface area contributed by atoms with Crippen LogP contribution in [0.3, 0.4) is 0 Å². The highest BCUT2D eigenvalue weighted by molar-refractivity contribution is 5.72. The fraction of sp³-hybridized carbons (Fsp3) is 0.345. The van der Waals surface area contributed by atoms with Gasteiger partial charge in [0.2, 0.25) is 0 Å². The van der Waals surface area contributed by atoms with Crippen molar-refractivity contribution < 1.29 is 9.90 Å². The molecule has 0 aliphatic carbocycles. The normalized spacial score (nSPS) is 15.0. The van der Waals surface area contributed by atoms with Crippen LogP contribution in [0.5, 0.6) is 0 Å². The topological polar surface area (TPSA) is 37.3 Å². The SMILES string of the molecule is CCC(C)C(CCc1ccccc1)(Cc1ccccc1)C(Cc1ccccc1)C(=O)O. The van der Waals surface area contributed by atoms with E-state index < -0.39 is 11.9 Å². The fourth-order valence-electron chi connectivity index (χ4n) is 4.94. The average molecular weight is 415 g/mol. The highest BCUT2D eigenvalue weighted by Crippen LogP contribution is 2.46. The van der Waals surface area contributed by atoms with Gasteiger partial charge in [-0.25, -0.2) is 0 Å². The number of aryl methyl sites for hydroxylation is 1. The first-order chi connectivity index (χ1) is 15.0. The third-order valence-electron chi connectivity index (χ3n) is 6.97. The molecule has 0 fully saturated rings. The number of aliphatic carboxylic acids is 1. The summed E-state index contributed by atoms with van der Waals surface area (Å²) in [6.45, 7) is 4.43. The molecule has 2 heteroatoms. The van der Waals surface area contributed by atoms with Crippen molar-refractivity contribution in [3.63, 3.8) is 0 Å². The maximum atomic E-state index is 12.8. The lowest BCUT2D eigenvalue weighted by Gasteiger charge is -2.44. The Labute approximate surface area is 187 Å². The molecule has 3 rings (SSSR count). The van der Waals surface area contributed by atoms with Gasteiger partial charge >= 0.3 is 5.97 Å². The maximum absolute atomic E-state index is 12.8. The van der Waals surface area contributed by atoms with E-state index in [0.29, 0.717) is 6.42 Å². The molecular weight excluding hydrogens is 380 g/mol. The van der Waals surface area contributed by atoms with Gasteiger partial charge in [-0.2, -0.15) is 0 Å². The zero-order valence-electron chi connectivity index (χ0n) is 18.7. The Balaban J connectivity index is 2.04. The van der Waals surface area contributed by atoms with Crippen LogP contribution in [0.15, 0.2) is 91.0 Å². The molecule has 3 aromatic carbocycles. The Morgan fingerprint density at radius 1 is 0.806 bits per heavy atom. The minimum absolute atomic E-state index is 0.279. The van der Waals surface area contributed by atoms with Gasteiger partial charge in [0.05, 0.1) is 5.92 Å². The van der Waals surface area contributed by atoms with Gasteiger partial charge in [-0.3, -0.25) is 4.79 Å². The van der Waals surface area contributed by atoms with E-state index in [2.05, 4.69) is 74.5 Å². The van der Waals surface area contributed by atoms with Crippen LogP contribution in [0, 0.1) is 17.3 Å². The second-order valence-electron chi connectivity index (χ2n) is 8.77. The van der Waals surface area contributed by atoms with Gasteiger partial charge in [0.1, 0.15) is 0 Å². The predicted molar refractivity (Wildman–Crippen MR) is 128 cm³/mol. The van der Waals surface area contributed by atoms with Crippen molar-refractivity contribution in [2.75, 3.05) is 0 Å². The van der Waals surface area contributed by atoms with Crippen LogP contribution < -0.4 is 0 Å². The number of carboxylic acid groups (broad SMARTS) is 1. The highest BCUT2D eigenvalue weighted by Gasteiger charge is 2.46. The smallest absolute Gasteiger partial charge is 0.307 e. The van der Waals surface area contributed by atoms with Crippen molar-refractivity contribution in [3.05, 3.63) is 108 Å². The molecule has 3 atom stereocenters. The lowest BCUT2D eigenvalue weighted by Crippen LogP contribution is -2.44. The monoisotopic (exact) mass is 414 g/mol. The van der Waals surface area contributed by atoms with E-state index in [-0.39, 0.29) is 11.3 Å². The molecule has 0 aromatic heterocycles. The average Bonchev–Trinajstić information content (AvgIpc) is 2.81. The van der Waals surface area contributed by atoms with Gasteiger partial charge in [0.15, 0.2) is 0 Å². The van der Waals surface area contributed by atoms with Gasteiger partial charge in [-0.1, -0.05) is 111 Å². The summed E-state index contributed by atoms with van der Waals surface area (Å²) in [5.41, 5.74) is 3.24. The van der Waals surface area contributed by atoms with Gasteiger partial charge in [0.25, 0.3) is 0 Å². The molecule has 0 saturated heterocycles. The summed E-state index contributed by atoms with van der Waals surface area (Å²) >= 11 is 0. The fourth-order valence-corrected chi connectivity index (χ4v) is 4.94. The summed E-state index contributed by atoms with van der Waals surface area (Å²) in [5, 5.41) is 10.5. The molecule has 162 valence electrons. The maximum Gasteiger partial charge on any atom is 0.307 e. The molecule has 0 saturated carbocycles. The third-order valence-corrected chi connectivity index (χ3v) is 6.97. The Bertz CT molecular complexity index is 921. The van der Waals surface area contributed by atoms with Gasteiger partial charge in [-0.05, 0) is 53.7 Å². The van der Waals surface area contributed by atoms with E-state index in [4.69, 9.17) is 0 Å². The number of hydrogen-bond acceptors (Lipinski definition) is 1. The van der Waals surface area contributed by atoms with E-state index >= 15 is 0 Å². The minimum atomic E-state index is -0.687. The van der Waals surface area contributed by atoms with Crippen LogP contribution in [0.25, 0.3) is 0 Å². The molecular formula is C29H34O2. The minimum Gasteiger partial charge on any atom is -0.481 e. The van der Waals surface area contributed by atoms with Crippen molar-refractivity contribution >= 4 is 5.97 Å². The molecule has 0 radical (unpaired) electrons.